The third kappa shape index (κ3) is 1.54. The third-order valence-electron chi connectivity index (χ3n) is 1.14. The molecule has 0 saturated heterocycles. The minimum Gasteiger partial charge on any atom is -0.271 e. The molecule has 3 nitrogen and oxygen atoms in total. The van der Waals surface area contributed by atoms with Gasteiger partial charge in [-0.2, -0.15) is 0 Å². The molecule has 0 aliphatic carbocycles. The van der Waals surface area contributed by atoms with Gasteiger partial charge in [0, 0.05) is 13.1 Å². The molecule has 1 rings (SSSR count). The van der Waals surface area contributed by atoms with Crippen LogP contribution in [0, 0.1) is 0 Å². The van der Waals surface area contributed by atoms with Crippen LogP contribution < -0.4 is 0 Å². The zero-order valence-electron chi connectivity index (χ0n) is 5.33. The number of nitrogens with zero attached hydrogens (tertiary/aromatic N) is 1. The molecular weight excluding hydrogens is 118 g/mol. The molecule has 0 fully saturated rings. The van der Waals surface area contributed by atoms with Crippen molar-refractivity contribution in [3.05, 3.63) is 12.2 Å². The zero-order chi connectivity index (χ0) is 6.69. The van der Waals surface area contributed by atoms with Crippen molar-refractivity contribution in [2.75, 3.05) is 13.7 Å². The molecule has 1 aliphatic heterocycles. The van der Waals surface area contributed by atoms with Crippen LogP contribution in [0.4, 0.5) is 0 Å². The minimum absolute atomic E-state index is 0.0903. The zero-order valence-corrected chi connectivity index (χ0v) is 5.33. The molecule has 0 aromatic heterocycles. The second kappa shape index (κ2) is 2.64. The molecule has 1 aliphatic rings. The van der Waals surface area contributed by atoms with Crippen LogP contribution in [0.25, 0.3) is 0 Å². The van der Waals surface area contributed by atoms with Gasteiger partial charge in [-0.1, -0.05) is 6.08 Å². The summed E-state index contributed by atoms with van der Waals surface area (Å²) in [6, 6.07) is 0. The average molecular weight is 127 g/mol. The van der Waals surface area contributed by atoms with E-state index < -0.39 is 0 Å². The molecule has 0 bridgehead atoms. The number of likely N-dealkylation sites (N-methyl/N-ethyl adjacent to an activating group) is 1. The Kier molecular flexibility index (Phi) is 1.85. The Hall–Kier alpha value is -0.830. The second-order valence-corrected chi connectivity index (χ2v) is 1.86. The summed E-state index contributed by atoms with van der Waals surface area (Å²) in [7, 11) is 1.61. The maximum atomic E-state index is 10.7. The van der Waals surface area contributed by atoms with Gasteiger partial charge in [-0.25, -0.2) is 5.06 Å². The minimum atomic E-state index is -0.0903. The van der Waals surface area contributed by atoms with Crippen LogP contribution in [0.15, 0.2) is 12.2 Å². The van der Waals surface area contributed by atoms with Gasteiger partial charge in [0.15, 0.2) is 0 Å². The van der Waals surface area contributed by atoms with E-state index in [0.29, 0.717) is 6.61 Å². The van der Waals surface area contributed by atoms with Crippen molar-refractivity contribution in [2.24, 2.45) is 0 Å². The lowest BCUT2D eigenvalue weighted by Crippen LogP contribution is -2.23. The van der Waals surface area contributed by atoms with E-state index in [0.717, 1.165) is 6.42 Å². The number of hydroxylamine groups is 2. The summed E-state index contributed by atoms with van der Waals surface area (Å²) in [4.78, 5) is 15.7. The maximum Gasteiger partial charge on any atom is 0.269 e. The lowest BCUT2D eigenvalue weighted by atomic mass is 10.4. The molecule has 9 heavy (non-hydrogen) atoms. The standard InChI is InChI=1S/C6H9NO2/c1-7-6(8)4-2-3-5-9-7/h2,4H,3,5H2,1H3. The molecule has 1 heterocycles. The van der Waals surface area contributed by atoms with Crippen molar-refractivity contribution < 1.29 is 9.63 Å². The Morgan fingerprint density at radius 1 is 1.78 bits per heavy atom. The number of carbonyl (C=O) groups excluding carboxylic acids is 1. The van der Waals surface area contributed by atoms with Gasteiger partial charge in [0.2, 0.25) is 0 Å². The van der Waals surface area contributed by atoms with Gasteiger partial charge in [-0.3, -0.25) is 9.63 Å². The van der Waals surface area contributed by atoms with Crippen LogP contribution in [0.3, 0.4) is 0 Å². The van der Waals surface area contributed by atoms with Gasteiger partial charge in [-0.15, -0.1) is 0 Å². The predicted octanol–water partition coefficient (Wildman–Crippen LogP) is 0.336. The fraction of sp³-hybridized carbons (Fsp3) is 0.500. The van der Waals surface area contributed by atoms with E-state index in [9.17, 15) is 4.79 Å². The molecule has 0 atom stereocenters. The lowest BCUT2D eigenvalue weighted by molar-refractivity contribution is -0.170. The van der Waals surface area contributed by atoms with Crippen LogP contribution in [-0.4, -0.2) is 24.6 Å². The molecule has 0 N–H and O–H groups in total. The number of carbonyl (C=O) groups is 1. The first kappa shape index (κ1) is 6.29. The Bertz CT molecular complexity index is 142. The third-order valence-corrected chi connectivity index (χ3v) is 1.14. The highest BCUT2D eigenvalue weighted by molar-refractivity contribution is 5.86. The molecule has 1 amide bonds. The van der Waals surface area contributed by atoms with Gasteiger partial charge in [0.05, 0.1) is 6.61 Å². The van der Waals surface area contributed by atoms with Gasteiger partial charge in [-0.05, 0) is 6.42 Å². The van der Waals surface area contributed by atoms with E-state index in [2.05, 4.69) is 0 Å². The number of hydrogen-bond acceptors (Lipinski definition) is 2. The molecule has 0 spiro atoms. The van der Waals surface area contributed by atoms with E-state index in [-0.39, 0.29) is 5.91 Å². The molecule has 0 saturated carbocycles. The number of hydrogen-bond donors (Lipinski definition) is 0. The quantitative estimate of drug-likeness (QED) is 0.469. The Labute approximate surface area is 53.9 Å². The van der Waals surface area contributed by atoms with E-state index in [1.165, 1.54) is 11.1 Å². The topological polar surface area (TPSA) is 29.5 Å². The summed E-state index contributed by atoms with van der Waals surface area (Å²) < 4.78 is 0. The first-order chi connectivity index (χ1) is 4.30. The summed E-state index contributed by atoms with van der Waals surface area (Å²) in [5.41, 5.74) is 0. The van der Waals surface area contributed by atoms with Crippen LogP contribution in [0.1, 0.15) is 6.42 Å². The number of rotatable bonds is 0. The Morgan fingerprint density at radius 2 is 2.56 bits per heavy atom. The summed E-state index contributed by atoms with van der Waals surface area (Å²) in [5.74, 6) is -0.0903. The molecule has 50 valence electrons. The summed E-state index contributed by atoms with van der Waals surface area (Å²) in [6.07, 6.45) is 4.15. The highest BCUT2D eigenvalue weighted by atomic mass is 16.7. The molecule has 0 aromatic rings. The smallest absolute Gasteiger partial charge is 0.269 e. The average Bonchev–Trinajstić information content (AvgIpc) is 1.99. The van der Waals surface area contributed by atoms with Gasteiger partial charge < -0.3 is 0 Å². The van der Waals surface area contributed by atoms with Crippen LogP contribution in [0.5, 0.6) is 0 Å². The predicted molar refractivity (Wildman–Crippen MR) is 32.5 cm³/mol. The van der Waals surface area contributed by atoms with Crippen LogP contribution >= 0.6 is 0 Å². The van der Waals surface area contributed by atoms with Crippen LogP contribution in [-0.2, 0) is 9.63 Å². The Balaban J connectivity index is 2.57. The van der Waals surface area contributed by atoms with E-state index in [4.69, 9.17) is 4.84 Å². The first-order valence-corrected chi connectivity index (χ1v) is 2.88. The highest BCUT2D eigenvalue weighted by Crippen LogP contribution is 1.97. The van der Waals surface area contributed by atoms with Crippen molar-refractivity contribution in [3.8, 4) is 0 Å². The number of amides is 1. The van der Waals surface area contributed by atoms with Crippen molar-refractivity contribution in [1.82, 2.24) is 5.06 Å². The van der Waals surface area contributed by atoms with Gasteiger partial charge in [0.1, 0.15) is 0 Å². The first-order valence-electron chi connectivity index (χ1n) is 2.88. The van der Waals surface area contributed by atoms with Crippen molar-refractivity contribution in [2.45, 2.75) is 6.42 Å². The molecule has 0 unspecified atom stereocenters. The summed E-state index contributed by atoms with van der Waals surface area (Å²) >= 11 is 0. The Morgan fingerprint density at radius 3 is 3.33 bits per heavy atom. The van der Waals surface area contributed by atoms with Crippen molar-refractivity contribution in [1.29, 1.82) is 0 Å². The van der Waals surface area contributed by atoms with E-state index in [1.807, 2.05) is 6.08 Å². The maximum absolute atomic E-state index is 10.7. The van der Waals surface area contributed by atoms with Crippen molar-refractivity contribution >= 4 is 5.91 Å². The summed E-state index contributed by atoms with van der Waals surface area (Å²) in [5, 5.41) is 1.24. The monoisotopic (exact) mass is 127 g/mol. The van der Waals surface area contributed by atoms with E-state index in [1.54, 1.807) is 7.05 Å². The lowest BCUT2D eigenvalue weighted by Gasteiger charge is -2.10. The largest absolute Gasteiger partial charge is 0.271 e. The van der Waals surface area contributed by atoms with E-state index >= 15 is 0 Å². The molecule has 3 heteroatoms. The molecule has 0 aromatic carbocycles. The highest BCUT2D eigenvalue weighted by Gasteiger charge is 2.06. The van der Waals surface area contributed by atoms with Crippen LogP contribution in [0.2, 0.25) is 0 Å². The molecule has 0 radical (unpaired) electrons. The van der Waals surface area contributed by atoms with Gasteiger partial charge in [0.25, 0.3) is 5.91 Å². The summed E-state index contributed by atoms with van der Waals surface area (Å²) in [6.45, 7) is 0.596. The fourth-order valence-corrected chi connectivity index (χ4v) is 0.610. The molecular formula is C6H9NO2. The second-order valence-electron chi connectivity index (χ2n) is 1.86. The van der Waals surface area contributed by atoms with Crippen molar-refractivity contribution in [3.63, 3.8) is 0 Å². The fourth-order valence-electron chi connectivity index (χ4n) is 0.610. The normalized spacial score (nSPS) is 20.1. The van der Waals surface area contributed by atoms with Gasteiger partial charge >= 0.3 is 0 Å². The SMILES string of the molecule is CN1OCCC=CC1=O.